The van der Waals surface area contributed by atoms with E-state index >= 15 is 0 Å². The van der Waals surface area contributed by atoms with E-state index in [2.05, 4.69) is 161 Å². The SMILES string of the molecule is Cc1cc(N(CC(C)CCC(C)Nc2ccc(Nc3ccccc3)nc2-c2cc(NC(C)CC(C)C)cnc2Nc2ccccc2)C(C)CCC(C)C)cnc1Nc1ccccc1. The van der Waals surface area contributed by atoms with Crippen LogP contribution in [0.1, 0.15) is 93.1 Å². The number of pyridine rings is 3. The standard InChI is InChI=1S/C54H71N9/c1-37(2)25-28-43(9)63(48-32-40(6)53(56-35-48)60-45-21-15-11-16-22-45)36-39(5)26-27-41(7)58-50-29-30-51(59-44-19-13-10-14-20-44)62-52(50)49-33-47(57-42(8)31-38(3)4)34-55-54(49)61-46-23-17-12-18-24-46/h10-24,29-30,32-35,37-39,41-43,57-58H,25-28,31,36H2,1-9H3,(H,55,61)(H,56,60)(H,59,62). The third-order valence-electron chi connectivity index (χ3n) is 11.5. The molecule has 4 unspecified atom stereocenters. The van der Waals surface area contributed by atoms with Gasteiger partial charge in [-0.1, -0.05) is 89.2 Å². The summed E-state index contributed by atoms with van der Waals surface area (Å²) in [5, 5.41) is 18.3. The summed E-state index contributed by atoms with van der Waals surface area (Å²) in [4.78, 5) is 17.9. The van der Waals surface area contributed by atoms with Gasteiger partial charge in [0.25, 0.3) is 0 Å². The highest BCUT2D eigenvalue weighted by Gasteiger charge is 2.22. The van der Waals surface area contributed by atoms with Gasteiger partial charge in [0.15, 0.2) is 0 Å². The van der Waals surface area contributed by atoms with Crippen LogP contribution in [0, 0.1) is 24.7 Å². The molecule has 6 rings (SSSR count). The number of nitrogens with one attached hydrogen (secondary N) is 5. The molecule has 0 amide bonds. The van der Waals surface area contributed by atoms with E-state index < -0.39 is 0 Å². The Morgan fingerprint density at radius 3 is 1.75 bits per heavy atom. The van der Waals surface area contributed by atoms with Crippen LogP contribution in [0.5, 0.6) is 0 Å². The first-order valence-corrected chi connectivity index (χ1v) is 23.1. The van der Waals surface area contributed by atoms with Gasteiger partial charge < -0.3 is 31.5 Å². The summed E-state index contributed by atoms with van der Waals surface area (Å²) < 4.78 is 0. The lowest BCUT2D eigenvalue weighted by Crippen LogP contribution is -2.37. The molecule has 0 spiro atoms. The maximum atomic E-state index is 5.32. The second-order valence-electron chi connectivity index (χ2n) is 18.4. The van der Waals surface area contributed by atoms with Gasteiger partial charge in [0.1, 0.15) is 17.5 Å². The molecule has 4 atom stereocenters. The van der Waals surface area contributed by atoms with Crippen LogP contribution >= 0.6 is 0 Å². The van der Waals surface area contributed by atoms with Crippen LogP contribution in [0.2, 0.25) is 0 Å². The molecule has 0 aliphatic rings. The van der Waals surface area contributed by atoms with Crippen molar-refractivity contribution in [2.45, 2.75) is 113 Å². The molecule has 0 bridgehead atoms. The molecule has 63 heavy (non-hydrogen) atoms. The molecular weight excluding hydrogens is 775 g/mol. The summed E-state index contributed by atoms with van der Waals surface area (Å²) in [7, 11) is 0. The van der Waals surface area contributed by atoms with Gasteiger partial charge in [-0.2, -0.15) is 0 Å². The lowest BCUT2D eigenvalue weighted by atomic mass is 9.98. The average molecular weight is 846 g/mol. The number of para-hydroxylation sites is 3. The van der Waals surface area contributed by atoms with E-state index in [4.69, 9.17) is 15.0 Å². The van der Waals surface area contributed by atoms with E-state index in [-0.39, 0.29) is 12.1 Å². The quantitative estimate of drug-likeness (QED) is 0.0431. The molecule has 3 aromatic heterocycles. The molecule has 0 aliphatic heterocycles. The Bertz CT molecular complexity index is 2280. The Balaban J connectivity index is 1.24. The summed E-state index contributed by atoms with van der Waals surface area (Å²) in [5.74, 6) is 4.10. The molecule has 0 fully saturated rings. The predicted octanol–water partition coefficient (Wildman–Crippen LogP) is 14.5. The van der Waals surface area contributed by atoms with Crippen molar-refractivity contribution in [1.82, 2.24) is 15.0 Å². The van der Waals surface area contributed by atoms with Crippen LogP contribution in [0.25, 0.3) is 11.3 Å². The fraction of sp³-hybridized carbons (Fsp3) is 0.389. The minimum atomic E-state index is 0.186. The second-order valence-corrected chi connectivity index (χ2v) is 18.4. The van der Waals surface area contributed by atoms with Gasteiger partial charge in [-0.05, 0) is 144 Å². The van der Waals surface area contributed by atoms with Crippen LogP contribution < -0.4 is 31.5 Å². The molecule has 9 heteroatoms. The second kappa shape index (κ2) is 22.8. The molecule has 6 aromatic rings. The fourth-order valence-corrected chi connectivity index (χ4v) is 8.13. The molecule has 5 N–H and O–H groups in total. The van der Waals surface area contributed by atoms with Crippen molar-refractivity contribution >= 4 is 51.6 Å². The highest BCUT2D eigenvalue weighted by atomic mass is 15.2. The van der Waals surface area contributed by atoms with Crippen molar-refractivity contribution in [3.63, 3.8) is 0 Å². The van der Waals surface area contributed by atoms with Gasteiger partial charge in [0, 0.05) is 47.3 Å². The normalized spacial score (nSPS) is 13.3. The number of benzene rings is 3. The number of nitrogens with zero attached hydrogens (tertiary/aromatic N) is 4. The summed E-state index contributed by atoms with van der Waals surface area (Å²) >= 11 is 0. The smallest absolute Gasteiger partial charge is 0.140 e. The molecular formula is C54H71N9. The maximum Gasteiger partial charge on any atom is 0.140 e. The number of rotatable bonds is 23. The fourth-order valence-electron chi connectivity index (χ4n) is 8.13. The number of hydrogen-bond acceptors (Lipinski definition) is 9. The molecule has 3 aromatic carbocycles. The maximum absolute atomic E-state index is 5.32. The van der Waals surface area contributed by atoms with Gasteiger partial charge in [-0.15, -0.1) is 0 Å². The number of aromatic nitrogens is 3. The van der Waals surface area contributed by atoms with Gasteiger partial charge >= 0.3 is 0 Å². The lowest BCUT2D eigenvalue weighted by molar-refractivity contribution is 0.437. The van der Waals surface area contributed by atoms with Crippen LogP contribution in [0.3, 0.4) is 0 Å². The first-order valence-electron chi connectivity index (χ1n) is 23.1. The zero-order chi connectivity index (χ0) is 44.7. The third kappa shape index (κ3) is 14.2. The van der Waals surface area contributed by atoms with Gasteiger partial charge in [0.2, 0.25) is 0 Å². The van der Waals surface area contributed by atoms with Crippen molar-refractivity contribution in [3.05, 3.63) is 133 Å². The van der Waals surface area contributed by atoms with E-state index in [1.807, 2.05) is 60.8 Å². The summed E-state index contributed by atoms with van der Waals surface area (Å²) in [5.41, 5.74) is 9.00. The Kier molecular flexibility index (Phi) is 16.8. The van der Waals surface area contributed by atoms with Crippen LogP contribution in [-0.2, 0) is 0 Å². The van der Waals surface area contributed by atoms with E-state index in [0.717, 1.165) is 94.9 Å². The summed E-state index contributed by atoms with van der Waals surface area (Å²) in [6, 6.07) is 40.3. The number of hydrogen-bond donors (Lipinski definition) is 5. The van der Waals surface area contributed by atoms with E-state index in [0.29, 0.717) is 23.8 Å². The zero-order valence-electron chi connectivity index (χ0n) is 39.1. The molecule has 0 saturated carbocycles. The summed E-state index contributed by atoms with van der Waals surface area (Å²) in [6.07, 6.45) is 9.43. The van der Waals surface area contributed by atoms with E-state index in [1.54, 1.807) is 0 Å². The zero-order valence-corrected chi connectivity index (χ0v) is 39.1. The first kappa shape index (κ1) is 46.4. The highest BCUT2D eigenvalue weighted by Crippen LogP contribution is 2.37. The van der Waals surface area contributed by atoms with E-state index in [9.17, 15) is 0 Å². The molecule has 0 saturated heterocycles. The Hall–Kier alpha value is -6.09. The van der Waals surface area contributed by atoms with Gasteiger partial charge in [-0.25, -0.2) is 15.0 Å². The average Bonchev–Trinajstić information content (AvgIpc) is 3.26. The predicted molar refractivity (Wildman–Crippen MR) is 271 cm³/mol. The molecule has 0 aliphatic carbocycles. The van der Waals surface area contributed by atoms with E-state index in [1.165, 1.54) is 12.1 Å². The minimum Gasteiger partial charge on any atom is -0.381 e. The minimum absolute atomic E-state index is 0.186. The monoisotopic (exact) mass is 846 g/mol. The van der Waals surface area contributed by atoms with Crippen LogP contribution in [0.4, 0.5) is 51.6 Å². The van der Waals surface area contributed by atoms with Crippen LogP contribution in [-0.4, -0.2) is 39.6 Å². The van der Waals surface area contributed by atoms with Crippen molar-refractivity contribution < 1.29 is 0 Å². The first-order chi connectivity index (χ1) is 30.4. The van der Waals surface area contributed by atoms with Crippen molar-refractivity contribution in [2.24, 2.45) is 17.8 Å². The Labute approximate surface area is 378 Å². The number of anilines is 9. The van der Waals surface area contributed by atoms with Gasteiger partial charge in [-0.3, -0.25) is 0 Å². The van der Waals surface area contributed by atoms with Crippen LogP contribution in [0.15, 0.2) is 128 Å². The highest BCUT2D eigenvalue weighted by molar-refractivity contribution is 5.86. The summed E-state index contributed by atoms with van der Waals surface area (Å²) in [6.45, 7) is 21.6. The van der Waals surface area contributed by atoms with Crippen molar-refractivity contribution in [3.8, 4) is 11.3 Å². The number of aryl methyl sites for hydroxylation is 1. The molecule has 9 nitrogen and oxygen atoms in total. The largest absolute Gasteiger partial charge is 0.381 e. The molecule has 0 radical (unpaired) electrons. The lowest BCUT2D eigenvalue weighted by Gasteiger charge is -2.34. The topological polar surface area (TPSA) is 102 Å². The molecule has 3 heterocycles. The van der Waals surface area contributed by atoms with Crippen molar-refractivity contribution in [2.75, 3.05) is 38.0 Å². The third-order valence-corrected chi connectivity index (χ3v) is 11.5. The molecule has 332 valence electrons. The van der Waals surface area contributed by atoms with Crippen molar-refractivity contribution in [1.29, 1.82) is 0 Å². The Morgan fingerprint density at radius 1 is 0.540 bits per heavy atom. The van der Waals surface area contributed by atoms with Gasteiger partial charge in [0.05, 0.1) is 35.1 Å². The Morgan fingerprint density at radius 2 is 1.14 bits per heavy atom.